The molecule has 2 amide bonds. The highest BCUT2D eigenvalue weighted by atomic mass is 35.5. The Morgan fingerprint density at radius 2 is 1.74 bits per heavy atom. The number of halogens is 1. The molecule has 1 atom stereocenters. The molecule has 0 bridgehead atoms. The molecule has 1 N–H and O–H groups in total. The fourth-order valence-corrected chi connectivity index (χ4v) is 3.24. The van der Waals surface area contributed by atoms with Gasteiger partial charge in [-0.3, -0.25) is 9.59 Å². The fourth-order valence-electron chi connectivity index (χ4n) is 3.12. The molecule has 0 aromatic heterocycles. The van der Waals surface area contributed by atoms with Gasteiger partial charge >= 0.3 is 0 Å². The Balaban J connectivity index is 2.03. The molecular weight excluding hydrogens is 412 g/mol. The predicted octanol–water partition coefficient (Wildman–Crippen LogP) is 5.14. The van der Waals surface area contributed by atoms with Gasteiger partial charge in [0, 0.05) is 23.5 Å². The van der Waals surface area contributed by atoms with E-state index in [9.17, 15) is 9.59 Å². The summed E-state index contributed by atoms with van der Waals surface area (Å²) < 4.78 is 5.69. The first-order chi connectivity index (χ1) is 14.6. The van der Waals surface area contributed by atoms with Crippen LogP contribution in [-0.4, -0.2) is 34.9 Å². The van der Waals surface area contributed by atoms with Crippen LogP contribution in [0.1, 0.15) is 51.7 Å². The number of carbonyl (C=O) groups excluding carboxylic acids is 2. The molecule has 0 fully saturated rings. The fraction of sp³-hybridized carbons (Fsp3) is 0.440. The number of nitrogens with zero attached hydrogens (tertiary/aromatic N) is 1. The number of hydrogen-bond donors (Lipinski definition) is 1. The van der Waals surface area contributed by atoms with Crippen LogP contribution < -0.4 is 10.1 Å². The number of rotatable bonds is 9. The van der Waals surface area contributed by atoms with E-state index in [1.807, 2.05) is 52.0 Å². The first kappa shape index (κ1) is 24.7. The molecule has 0 unspecified atom stereocenters. The maximum absolute atomic E-state index is 13.1. The average Bonchev–Trinajstić information content (AvgIpc) is 2.70. The summed E-state index contributed by atoms with van der Waals surface area (Å²) in [6.45, 7) is 10.4. The van der Waals surface area contributed by atoms with Crippen LogP contribution in [0.15, 0.2) is 48.5 Å². The van der Waals surface area contributed by atoms with Gasteiger partial charge in [0.05, 0.1) is 6.61 Å². The molecular formula is C25H33ClN2O3. The van der Waals surface area contributed by atoms with E-state index in [-0.39, 0.29) is 17.4 Å². The molecule has 5 nitrogen and oxygen atoms in total. The van der Waals surface area contributed by atoms with Crippen LogP contribution in [-0.2, 0) is 16.1 Å². The summed E-state index contributed by atoms with van der Waals surface area (Å²) in [6.07, 6.45) is 0.853. The molecule has 2 aromatic carbocycles. The molecule has 0 spiro atoms. The minimum Gasteiger partial charge on any atom is -0.494 e. The van der Waals surface area contributed by atoms with E-state index in [0.29, 0.717) is 36.8 Å². The average molecular weight is 445 g/mol. The third-order valence-corrected chi connectivity index (χ3v) is 5.14. The highest BCUT2D eigenvalue weighted by Crippen LogP contribution is 2.18. The zero-order chi connectivity index (χ0) is 23.0. The quantitative estimate of drug-likeness (QED) is 0.545. The Morgan fingerprint density at radius 1 is 1.10 bits per heavy atom. The van der Waals surface area contributed by atoms with Crippen molar-refractivity contribution < 1.29 is 14.3 Å². The van der Waals surface area contributed by atoms with Crippen molar-refractivity contribution in [2.75, 3.05) is 6.61 Å². The van der Waals surface area contributed by atoms with E-state index in [1.54, 1.807) is 36.1 Å². The lowest BCUT2D eigenvalue weighted by Crippen LogP contribution is -2.52. The van der Waals surface area contributed by atoms with Crippen molar-refractivity contribution in [3.63, 3.8) is 0 Å². The van der Waals surface area contributed by atoms with Gasteiger partial charge in [0.15, 0.2) is 0 Å². The monoisotopic (exact) mass is 444 g/mol. The minimum atomic E-state index is -0.580. The predicted molar refractivity (Wildman–Crippen MR) is 125 cm³/mol. The standard InChI is InChI=1S/C25H33ClN2O3/c1-18-9-6-7-10-20(18)17-28(19(2)24(30)27-25(3,4)5)23(29)11-8-16-31-22-14-12-21(26)13-15-22/h6-7,9-10,12-15,19H,8,11,16-17H2,1-5H3,(H,27,30)/t19-/m0/s1. The van der Waals surface area contributed by atoms with Gasteiger partial charge in [0.25, 0.3) is 0 Å². The number of hydrogen-bond acceptors (Lipinski definition) is 3. The van der Waals surface area contributed by atoms with Crippen LogP contribution in [0.25, 0.3) is 0 Å². The molecule has 0 saturated heterocycles. The summed E-state index contributed by atoms with van der Waals surface area (Å²) in [5, 5.41) is 3.63. The highest BCUT2D eigenvalue weighted by Gasteiger charge is 2.28. The van der Waals surface area contributed by atoms with Crippen LogP contribution >= 0.6 is 11.6 Å². The Morgan fingerprint density at radius 3 is 2.35 bits per heavy atom. The highest BCUT2D eigenvalue weighted by molar-refractivity contribution is 6.30. The zero-order valence-corrected chi connectivity index (χ0v) is 19.8. The van der Waals surface area contributed by atoms with Crippen molar-refractivity contribution in [2.45, 2.75) is 65.6 Å². The number of amides is 2. The lowest BCUT2D eigenvalue weighted by atomic mass is 10.1. The zero-order valence-electron chi connectivity index (χ0n) is 19.1. The molecule has 2 aromatic rings. The second kappa shape index (κ2) is 11.2. The second-order valence-electron chi connectivity index (χ2n) is 8.77. The molecule has 0 aliphatic heterocycles. The van der Waals surface area contributed by atoms with E-state index in [4.69, 9.17) is 16.3 Å². The Labute approximate surface area is 190 Å². The van der Waals surface area contributed by atoms with E-state index in [0.717, 1.165) is 11.1 Å². The number of ether oxygens (including phenoxy) is 1. The van der Waals surface area contributed by atoms with Gasteiger partial charge in [-0.1, -0.05) is 35.9 Å². The maximum atomic E-state index is 13.1. The van der Waals surface area contributed by atoms with E-state index < -0.39 is 6.04 Å². The summed E-state index contributed by atoms with van der Waals surface area (Å²) in [5.41, 5.74) is 1.76. The van der Waals surface area contributed by atoms with Crippen LogP contribution in [0, 0.1) is 6.92 Å². The van der Waals surface area contributed by atoms with Gasteiger partial charge in [-0.15, -0.1) is 0 Å². The van der Waals surface area contributed by atoms with Crippen LogP contribution in [0.3, 0.4) is 0 Å². The van der Waals surface area contributed by atoms with Gasteiger partial charge in [-0.05, 0) is 76.4 Å². The summed E-state index contributed by atoms with van der Waals surface area (Å²) in [7, 11) is 0. The summed E-state index contributed by atoms with van der Waals surface area (Å²) in [6, 6.07) is 14.5. The van der Waals surface area contributed by atoms with Crippen LogP contribution in [0.2, 0.25) is 5.02 Å². The molecule has 0 radical (unpaired) electrons. The third kappa shape index (κ3) is 8.25. The summed E-state index contributed by atoms with van der Waals surface area (Å²) in [4.78, 5) is 27.5. The van der Waals surface area contributed by atoms with Crippen molar-refractivity contribution in [3.05, 3.63) is 64.7 Å². The maximum Gasteiger partial charge on any atom is 0.242 e. The molecule has 6 heteroatoms. The number of aryl methyl sites for hydroxylation is 1. The number of carbonyl (C=O) groups is 2. The van der Waals surface area contributed by atoms with Crippen LogP contribution in [0.4, 0.5) is 0 Å². The Bertz CT molecular complexity index is 875. The minimum absolute atomic E-state index is 0.0699. The smallest absolute Gasteiger partial charge is 0.242 e. The summed E-state index contributed by atoms with van der Waals surface area (Å²) >= 11 is 5.88. The topological polar surface area (TPSA) is 58.6 Å². The van der Waals surface area contributed by atoms with Crippen LogP contribution in [0.5, 0.6) is 5.75 Å². The van der Waals surface area contributed by atoms with E-state index in [1.165, 1.54) is 0 Å². The number of nitrogens with one attached hydrogen (secondary N) is 1. The normalized spacial score (nSPS) is 12.2. The van der Waals surface area contributed by atoms with Gasteiger partial charge in [0.1, 0.15) is 11.8 Å². The molecule has 0 aliphatic carbocycles. The van der Waals surface area contributed by atoms with Gasteiger partial charge in [0.2, 0.25) is 11.8 Å². The largest absolute Gasteiger partial charge is 0.494 e. The van der Waals surface area contributed by atoms with Crippen molar-refractivity contribution in [1.82, 2.24) is 10.2 Å². The van der Waals surface area contributed by atoms with Crippen molar-refractivity contribution in [2.24, 2.45) is 0 Å². The number of benzene rings is 2. The van der Waals surface area contributed by atoms with E-state index in [2.05, 4.69) is 5.32 Å². The molecule has 31 heavy (non-hydrogen) atoms. The summed E-state index contributed by atoms with van der Waals surface area (Å²) in [5.74, 6) is 0.484. The second-order valence-corrected chi connectivity index (χ2v) is 9.21. The Hall–Kier alpha value is -2.53. The van der Waals surface area contributed by atoms with Gasteiger partial charge < -0.3 is 15.0 Å². The third-order valence-electron chi connectivity index (χ3n) is 4.88. The molecule has 0 heterocycles. The van der Waals surface area contributed by atoms with Crippen molar-refractivity contribution in [1.29, 1.82) is 0 Å². The van der Waals surface area contributed by atoms with Crippen molar-refractivity contribution in [3.8, 4) is 5.75 Å². The molecule has 0 aliphatic rings. The van der Waals surface area contributed by atoms with Gasteiger partial charge in [-0.25, -0.2) is 0 Å². The Kier molecular flexibility index (Phi) is 8.93. The van der Waals surface area contributed by atoms with Crippen molar-refractivity contribution >= 4 is 23.4 Å². The SMILES string of the molecule is Cc1ccccc1CN(C(=O)CCCOc1ccc(Cl)cc1)[C@@H](C)C(=O)NC(C)(C)C. The lowest BCUT2D eigenvalue weighted by Gasteiger charge is -2.32. The molecule has 2 rings (SSSR count). The van der Waals surface area contributed by atoms with Gasteiger partial charge in [-0.2, -0.15) is 0 Å². The molecule has 168 valence electrons. The first-order valence-corrected chi connectivity index (χ1v) is 11.0. The lowest BCUT2D eigenvalue weighted by molar-refractivity contribution is -0.141. The molecule has 0 saturated carbocycles. The first-order valence-electron chi connectivity index (χ1n) is 10.6. The van der Waals surface area contributed by atoms with E-state index >= 15 is 0 Å².